The zero-order valence-corrected chi connectivity index (χ0v) is 21.2. The average molecular weight is 557 g/mol. The fraction of sp³-hybridized carbons (Fsp3) is 0.250. The van der Waals surface area contributed by atoms with E-state index in [1.165, 1.54) is 9.58 Å². The van der Waals surface area contributed by atoms with Crippen LogP contribution in [0.2, 0.25) is 0 Å². The van der Waals surface area contributed by atoms with E-state index in [-0.39, 0.29) is 25.0 Å². The van der Waals surface area contributed by atoms with Crippen LogP contribution in [0.15, 0.2) is 65.6 Å². The SMILES string of the molecule is C[C@@H]1C=CC(CF)N2CN1n1cc(C(=O)NCc3c(F)cc(F)cc3F)c(=O)c(OCc3ccccc3)c1C2=O. The molecule has 2 amide bonds. The van der Waals surface area contributed by atoms with Gasteiger partial charge in [0.1, 0.15) is 43.0 Å². The number of nitrogens with zero attached hydrogens (tertiary/aromatic N) is 3. The zero-order valence-electron chi connectivity index (χ0n) is 21.2. The van der Waals surface area contributed by atoms with Crippen molar-refractivity contribution >= 4 is 11.8 Å². The summed E-state index contributed by atoms with van der Waals surface area (Å²) in [5.41, 5.74) is -1.50. The summed E-state index contributed by atoms with van der Waals surface area (Å²) in [6.07, 6.45) is 4.42. The van der Waals surface area contributed by atoms with Crippen molar-refractivity contribution in [2.24, 2.45) is 0 Å². The lowest BCUT2D eigenvalue weighted by molar-refractivity contribution is 0.0614. The van der Waals surface area contributed by atoms with Crippen LogP contribution in [0.25, 0.3) is 0 Å². The summed E-state index contributed by atoms with van der Waals surface area (Å²) in [6, 6.07) is 8.50. The molecule has 3 aromatic rings. The van der Waals surface area contributed by atoms with Crippen molar-refractivity contribution in [3.63, 3.8) is 0 Å². The molecule has 8 nitrogen and oxygen atoms in total. The topological polar surface area (TPSA) is 83.9 Å². The lowest BCUT2D eigenvalue weighted by Gasteiger charge is -2.42. The first kappa shape index (κ1) is 27.0. The van der Waals surface area contributed by atoms with E-state index < -0.39 is 70.8 Å². The minimum Gasteiger partial charge on any atom is -0.482 e. The first-order valence-electron chi connectivity index (χ1n) is 12.4. The molecule has 2 atom stereocenters. The maximum atomic E-state index is 14.1. The quantitative estimate of drug-likeness (QED) is 0.356. The van der Waals surface area contributed by atoms with Gasteiger partial charge in [0.05, 0.1) is 12.1 Å². The Hall–Kier alpha value is -4.61. The Morgan fingerprint density at radius 3 is 2.45 bits per heavy atom. The number of carbonyl (C=O) groups is 2. The fourth-order valence-corrected chi connectivity index (χ4v) is 4.64. The van der Waals surface area contributed by atoms with Gasteiger partial charge >= 0.3 is 0 Å². The van der Waals surface area contributed by atoms with Gasteiger partial charge in [0, 0.05) is 30.4 Å². The molecule has 2 aliphatic heterocycles. The van der Waals surface area contributed by atoms with Crippen molar-refractivity contribution in [3.8, 4) is 5.75 Å². The van der Waals surface area contributed by atoms with E-state index in [2.05, 4.69) is 5.32 Å². The average Bonchev–Trinajstić information content (AvgIpc) is 3.07. The number of hydrogen-bond acceptors (Lipinski definition) is 5. The number of benzene rings is 2. The lowest BCUT2D eigenvalue weighted by Crippen LogP contribution is -2.58. The molecule has 2 aliphatic rings. The van der Waals surface area contributed by atoms with Crippen LogP contribution in [-0.4, -0.2) is 46.8 Å². The first-order valence-corrected chi connectivity index (χ1v) is 12.4. The molecule has 1 unspecified atom stereocenters. The molecule has 0 aliphatic carbocycles. The van der Waals surface area contributed by atoms with Crippen LogP contribution in [0.1, 0.15) is 38.9 Å². The van der Waals surface area contributed by atoms with Gasteiger partial charge in [-0.2, -0.15) is 0 Å². The molecule has 0 saturated heterocycles. The van der Waals surface area contributed by atoms with Gasteiger partial charge in [0.15, 0.2) is 11.4 Å². The Labute approximate surface area is 226 Å². The summed E-state index contributed by atoms with van der Waals surface area (Å²) in [6.45, 7) is 0.115. The second-order valence-corrected chi connectivity index (χ2v) is 9.40. The highest BCUT2D eigenvalue weighted by atomic mass is 19.1. The van der Waals surface area contributed by atoms with Crippen molar-refractivity contribution in [3.05, 3.63) is 111 Å². The highest BCUT2D eigenvalue weighted by Crippen LogP contribution is 2.28. The van der Waals surface area contributed by atoms with Crippen molar-refractivity contribution in [1.29, 1.82) is 0 Å². The number of rotatable bonds is 7. The van der Waals surface area contributed by atoms with Crippen molar-refractivity contribution in [1.82, 2.24) is 14.9 Å². The van der Waals surface area contributed by atoms with Gasteiger partial charge in [-0.3, -0.25) is 24.1 Å². The van der Waals surface area contributed by atoms with Gasteiger partial charge in [-0.1, -0.05) is 42.5 Å². The van der Waals surface area contributed by atoms with Gasteiger partial charge in [0.2, 0.25) is 5.43 Å². The summed E-state index contributed by atoms with van der Waals surface area (Å²) in [5.74, 6) is -5.62. The Kier molecular flexibility index (Phi) is 7.33. The van der Waals surface area contributed by atoms with Crippen LogP contribution < -0.4 is 20.5 Å². The van der Waals surface area contributed by atoms with Crippen LogP contribution in [0, 0.1) is 17.5 Å². The summed E-state index contributed by atoms with van der Waals surface area (Å²) in [5, 5.41) is 3.93. The number of hydrogen-bond donors (Lipinski definition) is 1. The molecular weight excluding hydrogens is 532 g/mol. The monoisotopic (exact) mass is 556 g/mol. The second kappa shape index (κ2) is 10.9. The molecule has 0 saturated carbocycles. The van der Waals surface area contributed by atoms with Crippen molar-refractivity contribution in [2.45, 2.75) is 32.2 Å². The molecule has 40 heavy (non-hydrogen) atoms. The summed E-state index contributed by atoms with van der Waals surface area (Å²) in [7, 11) is 0. The molecule has 12 heteroatoms. The van der Waals surface area contributed by atoms with E-state index in [1.807, 2.05) is 0 Å². The van der Waals surface area contributed by atoms with Crippen LogP contribution in [0.4, 0.5) is 17.6 Å². The third-order valence-corrected chi connectivity index (χ3v) is 6.83. The second-order valence-electron chi connectivity index (χ2n) is 9.40. The molecule has 1 aromatic heterocycles. The zero-order chi connectivity index (χ0) is 28.6. The minimum absolute atomic E-state index is 0.0390. The number of fused-ring (bicyclic) bond motifs is 4. The van der Waals surface area contributed by atoms with Gasteiger partial charge in [0.25, 0.3) is 11.8 Å². The Bertz CT molecular complexity index is 1540. The van der Waals surface area contributed by atoms with Crippen LogP contribution in [-0.2, 0) is 13.2 Å². The summed E-state index contributed by atoms with van der Waals surface area (Å²) in [4.78, 5) is 41.6. The molecule has 3 heterocycles. The smallest absolute Gasteiger partial charge is 0.278 e. The maximum absolute atomic E-state index is 14.1. The van der Waals surface area contributed by atoms with Gasteiger partial charge in [-0.25, -0.2) is 17.6 Å². The third-order valence-electron chi connectivity index (χ3n) is 6.83. The molecule has 1 N–H and O–H groups in total. The molecule has 5 rings (SSSR count). The van der Waals surface area contributed by atoms with E-state index in [9.17, 15) is 31.9 Å². The fourth-order valence-electron chi connectivity index (χ4n) is 4.64. The third kappa shape index (κ3) is 4.92. The predicted octanol–water partition coefficient (Wildman–Crippen LogP) is 3.42. The number of nitrogens with one attached hydrogen (secondary N) is 1. The van der Waals surface area contributed by atoms with Crippen LogP contribution >= 0.6 is 0 Å². The van der Waals surface area contributed by atoms with E-state index in [0.717, 1.165) is 6.20 Å². The standard InChI is InChI=1S/C28H24F4N4O4/c1-16-7-8-19(11-29)34-15-36(16)35-13-21(27(38)33-12-20-22(31)9-18(30)10-23(20)32)25(37)26(24(35)28(34)39)40-14-17-5-3-2-4-6-17/h2-10,13,16,19H,11-12,14-15H2,1H3,(H,33,38)/t16-,19?/m1/s1. The lowest BCUT2D eigenvalue weighted by atomic mass is 10.1. The molecule has 0 spiro atoms. The van der Waals surface area contributed by atoms with Gasteiger partial charge < -0.3 is 15.0 Å². The number of alkyl halides is 1. The maximum Gasteiger partial charge on any atom is 0.278 e. The van der Waals surface area contributed by atoms with Crippen LogP contribution in [0.5, 0.6) is 5.75 Å². The highest BCUT2D eigenvalue weighted by molar-refractivity contribution is 5.99. The Balaban J connectivity index is 1.57. The van der Waals surface area contributed by atoms with E-state index >= 15 is 0 Å². The molecule has 0 radical (unpaired) electrons. The minimum atomic E-state index is -1.20. The van der Waals surface area contributed by atoms with Crippen molar-refractivity contribution in [2.75, 3.05) is 18.4 Å². The number of aromatic nitrogens is 1. The summed E-state index contributed by atoms with van der Waals surface area (Å²) >= 11 is 0. The Morgan fingerprint density at radius 1 is 1.07 bits per heavy atom. The number of carbonyl (C=O) groups excluding carboxylic acids is 2. The van der Waals surface area contributed by atoms with Crippen molar-refractivity contribution < 1.29 is 31.9 Å². The van der Waals surface area contributed by atoms with E-state index in [1.54, 1.807) is 54.4 Å². The molecular formula is C28H24F4N4O4. The number of halogens is 4. The normalized spacial score (nSPS) is 17.9. The Morgan fingerprint density at radius 2 is 1.77 bits per heavy atom. The first-order chi connectivity index (χ1) is 19.2. The van der Waals surface area contributed by atoms with E-state index in [0.29, 0.717) is 17.7 Å². The van der Waals surface area contributed by atoms with E-state index in [4.69, 9.17) is 4.74 Å². The number of amides is 2. The molecule has 208 valence electrons. The van der Waals surface area contributed by atoms with Crippen LogP contribution in [0.3, 0.4) is 0 Å². The molecule has 2 bridgehead atoms. The number of ether oxygens (including phenoxy) is 1. The molecule has 0 fully saturated rings. The largest absolute Gasteiger partial charge is 0.482 e. The predicted molar refractivity (Wildman–Crippen MR) is 137 cm³/mol. The molecule has 2 aromatic carbocycles. The summed E-state index contributed by atoms with van der Waals surface area (Å²) < 4.78 is 62.5. The van der Waals surface area contributed by atoms with Gasteiger partial charge in [-0.15, -0.1) is 0 Å². The number of pyridine rings is 1. The van der Waals surface area contributed by atoms with Gasteiger partial charge in [-0.05, 0) is 12.5 Å². The highest BCUT2D eigenvalue weighted by Gasteiger charge is 2.40.